The Kier molecular flexibility index (Phi) is 7.07. The fourth-order valence-corrected chi connectivity index (χ4v) is 8.31. The molecule has 46 heavy (non-hydrogen) atoms. The highest BCUT2D eigenvalue weighted by Gasteiger charge is 2.76. The lowest BCUT2D eigenvalue weighted by Crippen LogP contribution is -2.60. The normalized spacial score (nSPS) is 31.1. The van der Waals surface area contributed by atoms with Gasteiger partial charge in [0.25, 0.3) is 11.8 Å². The van der Waals surface area contributed by atoms with Crippen molar-refractivity contribution in [2.45, 2.75) is 40.9 Å². The molecule has 16 heteroatoms. The molecule has 0 bridgehead atoms. The molecule has 2 aromatic rings. The van der Waals surface area contributed by atoms with E-state index in [1.165, 1.54) is 31.4 Å². The molecule has 244 valence electrons. The number of phenols is 1. The number of fused-ring (bicyclic) bond motifs is 4. The number of allylic oxidation sites excluding steroid dienone is 2. The zero-order valence-corrected chi connectivity index (χ0v) is 25.2. The number of benzene rings is 2. The number of rotatable bonds is 3. The Morgan fingerprint density at radius 1 is 0.891 bits per heavy atom. The van der Waals surface area contributed by atoms with Crippen molar-refractivity contribution in [3.63, 3.8) is 0 Å². The average Bonchev–Trinajstić information content (AvgIpc) is 3.31. The number of carbonyl (C=O) groups excluding carboxylic acids is 4. The fraction of sp³-hybridized carbons (Fsp3) is 0.400. The van der Waals surface area contributed by atoms with E-state index in [1.54, 1.807) is 0 Å². The van der Waals surface area contributed by atoms with Gasteiger partial charge in [0.2, 0.25) is 11.8 Å². The van der Waals surface area contributed by atoms with E-state index in [0.29, 0.717) is 4.90 Å². The molecule has 2 aliphatic carbocycles. The quantitative estimate of drug-likeness (QED) is 0.194. The molecule has 0 unspecified atom stereocenters. The maximum absolute atomic E-state index is 14.0. The Morgan fingerprint density at radius 3 is 2.07 bits per heavy atom. The van der Waals surface area contributed by atoms with Crippen LogP contribution >= 0.6 is 23.2 Å². The molecule has 8 nitrogen and oxygen atoms in total. The number of phenolic OH excluding ortho intramolecular Hbond substituents is 1. The van der Waals surface area contributed by atoms with Gasteiger partial charge in [-0.15, -0.1) is 23.2 Å². The molecule has 6 atom stereocenters. The Labute approximate surface area is 266 Å². The second-order valence-corrected chi connectivity index (χ2v) is 12.9. The topological polar surface area (TPSA) is 104 Å². The van der Waals surface area contributed by atoms with Crippen LogP contribution in [0.1, 0.15) is 35.4 Å². The number of carbonyl (C=O) groups is 4. The highest BCUT2D eigenvalue weighted by molar-refractivity contribution is 6.53. The molecular weight excluding hydrogens is 669 g/mol. The minimum atomic E-state index is -5.24. The lowest BCUT2D eigenvalue weighted by Gasteiger charge is -2.50. The highest BCUT2D eigenvalue weighted by atomic mass is 35.5. The van der Waals surface area contributed by atoms with Gasteiger partial charge in [-0.3, -0.25) is 24.1 Å². The van der Waals surface area contributed by atoms with Crippen molar-refractivity contribution in [2.75, 3.05) is 19.1 Å². The summed E-state index contributed by atoms with van der Waals surface area (Å²) in [5.41, 5.74) is -4.11. The first-order chi connectivity index (χ1) is 21.3. The molecule has 2 heterocycles. The fourth-order valence-electron chi connectivity index (χ4n) is 7.30. The Bertz CT molecular complexity index is 1730. The standard InChI is InChI=1S/C30H22Cl2F6N2O6/c1-39-25(44)27(31)11-19-16(22(28(27,32)26(39)45)18-10-15(46-2)3-6-20(18)41)4-5-17-21(19)24(43)40(23(17)42)14-8-12(29(33,34)35)7-13(9-14)30(36,37)38/h3-4,6-10,17,19,21-22,41H,5,11H2,1-2H3/t17-,19+,21-,22+,27+,28-/m0/s1. The molecule has 4 amide bonds. The number of nitrogens with zero attached hydrogens (tertiary/aromatic N) is 2. The molecule has 0 spiro atoms. The average molecular weight is 691 g/mol. The number of ether oxygens (including phenoxy) is 1. The number of imide groups is 2. The molecule has 2 aromatic carbocycles. The molecule has 0 aromatic heterocycles. The first kappa shape index (κ1) is 32.2. The molecular formula is C30H22Cl2F6N2O6. The molecule has 3 fully saturated rings. The van der Waals surface area contributed by atoms with Crippen LogP contribution in [0.5, 0.6) is 11.5 Å². The maximum Gasteiger partial charge on any atom is 0.416 e. The van der Waals surface area contributed by atoms with Crippen LogP contribution < -0.4 is 9.64 Å². The summed E-state index contributed by atoms with van der Waals surface area (Å²) in [7, 11) is 2.48. The summed E-state index contributed by atoms with van der Waals surface area (Å²) >= 11 is 14.1. The number of halogens is 8. The first-order valence-corrected chi connectivity index (χ1v) is 14.5. The second-order valence-electron chi connectivity index (χ2n) is 11.7. The minimum absolute atomic E-state index is 0.00607. The van der Waals surface area contributed by atoms with Crippen LogP contribution in [0, 0.1) is 17.8 Å². The second kappa shape index (κ2) is 10.1. The number of hydrogen-bond acceptors (Lipinski definition) is 6. The molecule has 6 rings (SSSR count). The molecule has 2 saturated heterocycles. The largest absolute Gasteiger partial charge is 0.508 e. The number of anilines is 1. The number of hydrogen-bond donors (Lipinski definition) is 1. The molecule has 0 radical (unpaired) electrons. The van der Waals surface area contributed by atoms with Gasteiger partial charge >= 0.3 is 12.4 Å². The van der Waals surface area contributed by atoms with E-state index in [1.807, 2.05) is 0 Å². The lowest BCUT2D eigenvalue weighted by molar-refractivity contribution is -0.143. The van der Waals surface area contributed by atoms with E-state index in [0.717, 1.165) is 11.9 Å². The van der Waals surface area contributed by atoms with Crippen molar-refractivity contribution in [2.24, 2.45) is 17.8 Å². The summed E-state index contributed by atoms with van der Waals surface area (Å²) in [6.07, 6.45) is -9.69. The third kappa shape index (κ3) is 4.28. The summed E-state index contributed by atoms with van der Waals surface area (Å²) < 4.78 is 87.1. The minimum Gasteiger partial charge on any atom is -0.508 e. The lowest BCUT2D eigenvalue weighted by atomic mass is 9.56. The highest BCUT2D eigenvalue weighted by Crippen LogP contribution is 2.66. The number of alkyl halides is 8. The van der Waals surface area contributed by atoms with Gasteiger partial charge in [-0.05, 0) is 55.2 Å². The zero-order valence-electron chi connectivity index (χ0n) is 23.7. The Balaban J connectivity index is 1.52. The van der Waals surface area contributed by atoms with E-state index in [4.69, 9.17) is 27.9 Å². The van der Waals surface area contributed by atoms with Crippen LogP contribution in [-0.2, 0) is 31.5 Å². The van der Waals surface area contributed by atoms with Gasteiger partial charge < -0.3 is 9.84 Å². The van der Waals surface area contributed by atoms with Gasteiger partial charge in [-0.1, -0.05) is 11.6 Å². The number of aromatic hydroxyl groups is 1. The summed E-state index contributed by atoms with van der Waals surface area (Å²) in [6, 6.07) is 4.48. The van der Waals surface area contributed by atoms with E-state index < -0.39 is 92.6 Å². The van der Waals surface area contributed by atoms with Crippen molar-refractivity contribution >= 4 is 52.5 Å². The van der Waals surface area contributed by atoms with Crippen LogP contribution in [0.2, 0.25) is 0 Å². The van der Waals surface area contributed by atoms with Crippen molar-refractivity contribution in [3.05, 3.63) is 64.7 Å². The predicted molar refractivity (Wildman–Crippen MR) is 149 cm³/mol. The van der Waals surface area contributed by atoms with Crippen LogP contribution in [0.15, 0.2) is 48.0 Å². The van der Waals surface area contributed by atoms with Crippen molar-refractivity contribution in [3.8, 4) is 11.5 Å². The first-order valence-electron chi connectivity index (χ1n) is 13.7. The van der Waals surface area contributed by atoms with Gasteiger partial charge in [-0.25, -0.2) is 4.90 Å². The monoisotopic (exact) mass is 690 g/mol. The van der Waals surface area contributed by atoms with Gasteiger partial charge in [0, 0.05) is 18.5 Å². The van der Waals surface area contributed by atoms with E-state index in [9.17, 15) is 50.6 Å². The van der Waals surface area contributed by atoms with E-state index in [-0.39, 0.29) is 47.3 Å². The third-order valence-electron chi connectivity index (χ3n) is 9.39. The maximum atomic E-state index is 14.0. The summed E-state index contributed by atoms with van der Waals surface area (Å²) in [6.45, 7) is 0. The Hall–Kier alpha value is -3.78. The summed E-state index contributed by atoms with van der Waals surface area (Å²) in [4.78, 5) is 51.4. The predicted octanol–water partition coefficient (Wildman–Crippen LogP) is 5.63. The van der Waals surface area contributed by atoms with Crippen molar-refractivity contribution in [1.29, 1.82) is 0 Å². The summed E-state index contributed by atoms with van der Waals surface area (Å²) in [5.74, 6) is -9.31. The van der Waals surface area contributed by atoms with Crippen LogP contribution in [-0.4, -0.2) is 57.5 Å². The zero-order chi connectivity index (χ0) is 33.9. The van der Waals surface area contributed by atoms with Crippen LogP contribution in [0.4, 0.5) is 32.0 Å². The SMILES string of the molecule is COc1ccc(O)c([C@H]2C3=CC[C@@H]4C(=O)N(c5cc(C(F)(F)F)cc(C(F)(F)F)c5)C(=O)[C@@H]4[C@@H]3C[C@@]3(Cl)C(=O)N(C)C(=O)[C@@]23Cl)c1. The van der Waals surface area contributed by atoms with Gasteiger partial charge in [0.1, 0.15) is 11.5 Å². The molecule has 4 aliphatic rings. The number of amides is 4. The molecule has 2 aliphatic heterocycles. The smallest absolute Gasteiger partial charge is 0.416 e. The van der Waals surface area contributed by atoms with Gasteiger partial charge in [-0.2, -0.15) is 26.3 Å². The van der Waals surface area contributed by atoms with Crippen LogP contribution in [0.3, 0.4) is 0 Å². The van der Waals surface area contributed by atoms with Gasteiger partial charge in [0.05, 0.1) is 35.8 Å². The van der Waals surface area contributed by atoms with E-state index >= 15 is 0 Å². The number of methoxy groups -OCH3 is 1. The third-order valence-corrected chi connectivity index (χ3v) is 10.8. The molecule has 1 saturated carbocycles. The number of likely N-dealkylation sites (tertiary alicyclic amines) is 1. The molecule has 1 N–H and O–H groups in total. The van der Waals surface area contributed by atoms with E-state index in [2.05, 4.69) is 0 Å². The Morgan fingerprint density at radius 2 is 1.50 bits per heavy atom. The van der Waals surface area contributed by atoms with Crippen LogP contribution in [0.25, 0.3) is 0 Å². The van der Waals surface area contributed by atoms with Crippen molar-refractivity contribution < 1.29 is 55.4 Å². The van der Waals surface area contributed by atoms with Gasteiger partial charge in [0.15, 0.2) is 9.75 Å². The summed E-state index contributed by atoms with van der Waals surface area (Å²) in [5, 5.41) is 11.0. The van der Waals surface area contributed by atoms with Crippen molar-refractivity contribution in [1.82, 2.24) is 4.90 Å².